The van der Waals surface area contributed by atoms with Crippen molar-refractivity contribution in [2.45, 2.75) is 57.5 Å². The van der Waals surface area contributed by atoms with Gasteiger partial charge in [0.05, 0.1) is 59.0 Å². The lowest BCUT2D eigenvalue weighted by atomic mass is 10.1. The van der Waals surface area contributed by atoms with Crippen LogP contribution < -0.4 is 16.0 Å². The highest BCUT2D eigenvalue weighted by Crippen LogP contribution is 2.18. The maximum Gasteiger partial charge on any atom is 0.305 e. The molecular formula is C24H40N4O11. The summed E-state index contributed by atoms with van der Waals surface area (Å²) in [5.41, 5.74) is 0. The van der Waals surface area contributed by atoms with Gasteiger partial charge in [0, 0.05) is 32.0 Å². The number of carbonyl (C=O) groups excluding carboxylic acids is 4. The number of hydrogen-bond donors (Lipinski definition) is 5. The van der Waals surface area contributed by atoms with Crippen molar-refractivity contribution in [3.05, 3.63) is 0 Å². The first kappa shape index (κ1) is 33.7. The highest BCUT2D eigenvalue weighted by Gasteiger charge is 2.32. The fraction of sp³-hybridized carbons (Fsp3) is 0.750. The van der Waals surface area contributed by atoms with Gasteiger partial charge in [0.2, 0.25) is 23.6 Å². The average Bonchev–Trinajstić information content (AvgIpc) is 3.31. The van der Waals surface area contributed by atoms with Gasteiger partial charge in [0.25, 0.3) is 0 Å². The van der Waals surface area contributed by atoms with Crippen LogP contribution in [0.25, 0.3) is 0 Å². The summed E-state index contributed by atoms with van der Waals surface area (Å²) in [5, 5.41) is 25.0. The van der Waals surface area contributed by atoms with Gasteiger partial charge in [-0.05, 0) is 19.8 Å². The van der Waals surface area contributed by atoms with Crippen LogP contribution in [0, 0.1) is 0 Å². The third kappa shape index (κ3) is 16.3. The van der Waals surface area contributed by atoms with Crippen LogP contribution in [0.1, 0.15) is 45.4 Å². The normalized spacial score (nSPS) is 15.4. The number of likely N-dealkylation sites (tertiary alicyclic amines) is 1. The van der Waals surface area contributed by atoms with Gasteiger partial charge in [-0.15, -0.1) is 0 Å². The van der Waals surface area contributed by atoms with Gasteiger partial charge in [-0.1, -0.05) is 0 Å². The minimum atomic E-state index is -1.17. The zero-order chi connectivity index (χ0) is 29.0. The van der Waals surface area contributed by atoms with Gasteiger partial charge in [0.15, 0.2) is 0 Å². The predicted molar refractivity (Wildman–Crippen MR) is 135 cm³/mol. The van der Waals surface area contributed by atoms with E-state index in [1.807, 2.05) is 6.92 Å². The number of rotatable bonds is 21. The van der Waals surface area contributed by atoms with Crippen molar-refractivity contribution in [1.82, 2.24) is 20.9 Å². The summed E-state index contributed by atoms with van der Waals surface area (Å²) in [7, 11) is 0. The van der Waals surface area contributed by atoms with E-state index in [0.29, 0.717) is 6.54 Å². The van der Waals surface area contributed by atoms with E-state index in [1.165, 1.54) is 0 Å². The molecule has 1 rings (SSSR count). The predicted octanol–water partition coefficient (Wildman–Crippen LogP) is -1.51. The van der Waals surface area contributed by atoms with E-state index in [1.54, 1.807) is 4.90 Å². The van der Waals surface area contributed by atoms with E-state index < -0.39 is 42.1 Å². The molecule has 1 saturated heterocycles. The molecule has 0 saturated carbocycles. The molecule has 222 valence electrons. The Hall–Kier alpha value is -3.30. The molecule has 4 amide bonds. The fourth-order valence-corrected chi connectivity index (χ4v) is 3.62. The number of aliphatic carboxylic acids is 2. The van der Waals surface area contributed by atoms with E-state index in [4.69, 9.17) is 24.4 Å². The Morgan fingerprint density at radius 1 is 0.795 bits per heavy atom. The van der Waals surface area contributed by atoms with Crippen molar-refractivity contribution >= 4 is 35.6 Å². The van der Waals surface area contributed by atoms with Gasteiger partial charge < -0.3 is 45.3 Å². The van der Waals surface area contributed by atoms with Crippen molar-refractivity contribution in [2.24, 2.45) is 0 Å². The summed E-state index contributed by atoms with van der Waals surface area (Å²) in [4.78, 5) is 70.9. The summed E-state index contributed by atoms with van der Waals surface area (Å²) >= 11 is 0. The second kappa shape index (κ2) is 19.7. The molecule has 2 atom stereocenters. The first-order valence-corrected chi connectivity index (χ1v) is 12.9. The van der Waals surface area contributed by atoms with E-state index in [2.05, 4.69) is 16.0 Å². The smallest absolute Gasteiger partial charge is 0.305 e. The Balaban J connectivity index is 2.02. The largest absolute Gasteiger partial charge is 0.481 e. The molecule has 1 fully saturated rings. The van der Waals surface area contributed by atoms with Gasteiger partial charge in [0.1, 0.15) is 6.04 Å². The molecule has 0 radical (unpaired) electrons. The number of carbonyl (C=O) groups is 6. The monoisotopic (exact) mass is 560 g/mol. The molecule has 2 unspecified atom stereocenters. The van der Waals surface area contributed by atoms with Crippen molar-refractivity contribution in [1.29, 1.82) is 0 Å². The SMILES string of the molecule is CC1CCCN1C(=O)C(CC(=O)O)NC(=O)CCOCCOCCOCCNC(=O)CNC(=O)CCC(=O)O. The zero-order valence-corrected chi connectivity index (χ0v) is 22.3. The van der Waals surface area contributed by atoms with Crippen LogP contribution in [-0.2, 0) is 43.0 Å². The molecule has 0 aromatic rings. The van der Waals surface area contributed by atoms with Crippen molar-refractivity contribution < 1.29 is 53.2 Å². The number of amides is 4. The summed E-state index contributed by atoms with van der Waals surface area (Å²) in [5.74, 6) is -4.04. The highest BCUT2D eigenvalue weighted by molar-refractivity contribution is 5.91. The summed E-state index contributed by atoms with van der Waals surface area (Å²) < 4.78 is 16.0. The number of carboxylic acid groups (broad SMARTS) is 2. The Morgan fingerprint density at radius 2 is 1.44 bits per heavy atom. The molecule has 1 aliphatic heterocycles. The van der Waals surface area contributed by atoms with Crippen molar-refractivity contribution in [3.8, 4) is 0 Å². The van der Waals surface area contributed by atoms with Crippen molar-refractivity contribution in [2.75, 3.05) is 59.3 Å². The first-order valence-electron chi connectivity index (χ1n) is 12.9. The third-order valence-electron chi connectivity index (χ3n) is 5.65. The lowest BCUT2D eigenvalue weighted by Gasteiger charge is -2.26. The number of hydrogen-bond acceptors (Lipinski definition) is 9. The molecule has 0 bridgehead atoms. The average molecular weight is 561 g/mol. The van der Waals surface area contributed by atoms with E-state index in [-0.39, 0.29) is 83.9 Å². The molecule has 0 aliphatic carbocycles. The van der Waals surface area contributed by atoms with Crippen LogP contribution >= 0.6 is 0 Å². The summed E-state index contributed by atoms with van der Waals surface area (Å²) in [6.45, 7) is 3.79. The highest BCUT2D eigenvalue weighted by atomic mass is 16.5. The minimum Gasteiger partial charge on any atom is -0.481 e. The van der Waals surface area contributed by atoms with E-state index in [9.17, 15) is 28.8 Å². The lowest BCUT2D eigenvalue weighted by molar-refractivity contribution is -0.144. The first-order chi connectivity index (χ1) is 18.6. The Labute approximate surface area is 226 Å². The molecule has 15 nitrogen and oxygen atoms in total. The van der Waals surface area contributed by atoms with Gasteiger partial charge in [-0.3, -0.25) is 28.8 Å². The minimum absolute atomic E-state index is 0.0186. The lowest BCUT2D eigenvalue weighted by Crippen LogP contribution is -2.50. The van der Waals surface area contributed by atoms with Crippen molar-refractivity contribution in [3.63, 3.8) is 0 Å². The Morgan fingerprint density at radius 3 is 2.03 bits per heavy atom. The molecule has 1 heterocycles. The summed E-state index contributed by atoms with van der Waals surface area (Å²) in [6.07, 6.45) is 0.697. The standard InChI is InChI=1S/C24H40N4O11/c1-17-3-2-8-28(17)24(36)18(15-23(34)35)27-20(30)6-9-37-11-13-39-14-12-38-10-7-25-21(31)16-26-19(29)4-5-22(32)33/h17-18H,2-16H2,1H3,(H,25,31)(H,26,29)(H,27,30)(H,32,33)(H,34,35). The quantitative estimate of drug-likeness (QED) is 0.102. The van der Waals surface area contributed by atoms with Gasteiger partial charge >= 0.3 is 11.9 Å². The second-order valence-corrected chi connectivity index (χ2v) is 8.85. The maximum atomic E-state index is 12.6. The van der Waals surface area contributed by atoms with Crippen LogP contribution in [0.2, 0.25) is 0 Å². The maximum absolute atomic E-state index is 12.6. The molecule has 1 aliphatic rings. The summed E-state index contributed by atoms with van der Waals surface area (Å²) in [6, 6.07) is -1.09. The Kier molecular flexibility index (Phi) is 17.1. The topological polar surface area (TPSA) is 210 Å². The molecule has 39 heavy (non-hydrogen) atoms. The molecule has 0 spiro atoms. The van der Waals surface area contributed by atoms with Gasteiger partial charge in [-0.25, -0.2) is 0 Å². The number of carboxylic acids is 2. The molecular weight excluding hydrogens is 520 g/mol. The Bertz CT molecular complexity index is 824. The molecule has 0 aromatic heterocycles. The number of nitrogens with one attached hydrogen (secondary N) is 3. The van der Waals surface area contributed by atoms with Gasteiger partial charge in [-0.2, -0.15) is 0 Å². The number of nitrogens with zero attached hydrogens (tertiary/aromatic N) is 1. The van der Waals surface area contributed by atoms with Crippen LogP contribution in [0.4, 0.5) is 0 Å². The van der Waals surface area contributed by atoms with Crippen LogP contribution in [0.15, 0.2) is 0 Å². The van der Waals surface area contributed by atoms with Crippen LogP contribution in [0.5, 0.6) is 0 Å². The van der Waals surface area contributed by atoms with Crippen LogP contribution in [0.3, 0.4) is 0 Å². The zero-order valence-electron chi connectivity index (χ0n) is 22.3. The molecule has 5 N–H and O–H groups in total. The second-order valence-electron chi connectivity index (χ2n) is 8.85. The molecule has 15 heteroatoms. The van der Waals surface area contributed by atoms with Crippen LogP contribution in [-0.4, -0.2) is 122 Å². The third-order valence-corrected chi connectivity index (χ3v) is 5.65. The number of ether oxygens (including phenoxy) is 3. The molecule has 0 aromatic carbocycles. The van der Waals surface area contributed by atoms with E-state index >= 15 is 0 Å². The van der Waals surface area contributed by atoms with E-state index in [0.717, 1.165) is 12.8 Å². The fourth-order valence-electron chi connectivity index (χ4n) is 3.62.